The third kappa shape index (κ3) is 3.54. The molecule has 34 heavy (non-hydrogen) atoms. The quantitative estimate of drug-likeness (QED) is 0.244. The molecule has 4 aliphatic carbocycles. The molecule has 1 unspecified atom stereocenters. The van der Waals surface area contributed by atoms with E-state index in [1.165, 1.54) is 16.7 Å². The molecule has 4 aliphatic rings. The van der Waals surface area contributed by atoms with Gasteiger partial charge in [0.15, 0.2) is 0 Å². The Balaban J connectivity index is 1.40. The van der Waals surface area contributed by atoms with Gasteiger partial charge >= 0.3 is 5.97 Å². The number of carbonyl (C=O) groups is 1. The lowest BCUT2D eigenvalue weighted by molar-refractivity contribution is -0.163. The first-order valence-corrected chi connectivity index (χ1v) is 12.7. The summed E-state index contributed by atoms with van der Waals surface area (Å²) >= 11 is 0. The van der Waals surface area contributed by atoms with Crippen LogP contribution in [0.1, 0.15) is 51.2 Å². The average molecular weight is 461 g/mol. The van der Waals surface area contributed by atoms with Crippen LogP contribution in [0.3, 0.4) is 0 Å². The SMILES string of the molecule is CCOC(=O)[C@@]12C(CCOCc3ccccc3)[C@H]3CC[C@]1(OCc1ccccc1)[C@@H]2C3=C(C)C. The summed E-state index contributed by atoms with van der Waals surface area (Å²) in [5.41, 5.74) is 4.06. The molecule has 4 saturated carbocycles. The lowest BCUT2D eigenvalue weighted by Crippen LogP contribution is -2.45. The van der Waals surface area contributed by atoms with Crippen LogP contribution in [0.2, 0.25) is 0 Å². The lowest BCUT2D eigenvalue weighted by Gasteiger charge is -2.42. The summed E-state index contributed by atoms with van der Waals surface area (Å²) in [4.78, 5) is 13.7. The Morgan fingerprint density at radius 1 is 0.971 bits per heavy atom. The highest BCUT2D eigenvalue weighted by Gasteiger charge is 2.91. The summed E-state index contributed by atoms with van der Waals surface area (Å²) in [6.07, 6.45) is 2.84. The summed E-state index contributed by atoms with van der Waals surface area (Å²) in [7, 11) is 0. The smallest absolute Gasteiger partial charge is 0.316 e. The Hall–Kier alpha value is -2.43. The number of allylic oxidation sites excluding steroid dienone is 1. The molecule has 4 fully saturated rings. The Bertz CT molecular complexity index is 1040. The molecular weight excluding hydrogens is 424 g/mol. The second-order valence-corrected chi connectivity index (χ2v) is 10.2. The molecule has 0 saturated heterocycles. The van der Waals surface area contributed by atoms with Crippen LogP contribution < -0.4 is 0 Å². The molecule has 6 rings (SSSR count). The first kappa shape index (κ1) is 23.3. The van der Waals surface area contributed by atoms with Gasteiger partial charge in [-0.25, -0.2) is 0 Å². The fraction of sp³-hybridized carbons (Fsp3) is 0.500. The van der Waals surface area contributed by atoms with Crippen molar-refractivity contribution in [3.63, 3.8) is 0 Å². The maximum atomic E-state index is 13.7. The molecule has 2 aromatic carbocycles. The summed E-state index contributed by atoms with van der Waals surface area (Å²) in [5.74, 6) is 0.677. The first-order valence-electron chi connectivity index (χ1n) is 12.7. The molecule has 0 aromatic heterocycles. The van der Waals surface area contributed by atoms with E-state index in [0.717, 1.165) is 24.8 Å². The highest BCUT2D eigenvalue weighted by atomic mass is 16.5. The molecule has 4 heteroatoms. The highest BCUT2D eigenvalue weighted by Crippen LogP contribution is 2.84. The molecule has 0 N–H and O–H groups in total. The summed E-state index contributed by atoms with van der Waals surface area (Å²) < 4.78 is 18.6. The Labute approximate surface area is 203 Å². The number of hydrogen-bond donors (Lipinski definition) is 0. The van der Waals surface area contributed by atoms with Crippen LogP contribution in [-0.2, 0) is 32.2 Å². The second kappa shape index (κ2) is 9.31. The van der Waals surface area contributed by atoms with E-state index < -0.39 is 11.0 Å². The highest BCUT2D eigenvalue weighted by molar-refractivity contribution is 5.88. The number of hydrogen-bond acceptors (Lipinski definition) is 4. The standard InChI is InChI=1S/C30H36O4/c1-4-33-28(31)30-25(16-18-32-19-22-11-7-5-8-12-22)24-15-17-29(30,27(30)26(24)21(2)3)34-20-23-13-9-6-10-14-23/h5-14,24-25,27H,4,15-20H2,1-3H3/t24-,25?,27+,29+,30+/m1/s1. The topological polar surface area (TPSA) is 44.8 Å². The van der Waals surface area contributed by atoms with Gasteiger partial charge in [0.05, 0.1) is 25.4 Å². The number of rotatable bonds is 10. The summed E-state index contributed by atoms with van der Waals surface area (Å²) in [6, 6.07) is 20.5. The minimum Gasteiger partial charge on any atom is -0.465 e. The van der Waals surface area contributed by atoms with Crippen molar-refractivity contribution in [2.24, 2.45) is 23.2 Å². The zero-order valence-electron chi connectivity index (χ0n) is 20.6. The summed E-state index contributed by atoms with van der Waals surface area (Å²) in [5, 5.41) is 0. The first-order chi connectivity index (χ1) is 16.6. The van der Waals surface area contributed by atoms with Gasteiger partial charge in [0.1, 0.15) is 5.41 Å². The minimum absolute atomic E-state index is 0.0675. The molecule has 2 aromatic rings. The third-order valence-corrected chi connectivity index (χ3v) is 8.36. The van der Waals surface area contributed by atoms with Crippen LogP contribution in [0.4, 0.5) is 0 Å². The largest absolute Gasteiger partial charge is 0.465 e. The van der Waals surface area contributed by atoms with E-state index >= 15 is 0 Å². The van der Waals surface area contributed by atoms with Gasteiger partial charge in [0.2, 0.25) is 0 Å². The Morgan fingerprint density at radius 2 is 1.62 bits per heavy atom. The minimum atomic E-state index is -0.580. The predicted octanol–water partition coefficient (Wildman–Crippen LogP) is 6.10. The molecule has 5 atom stereocenters. The number of fused-ring (bicyclic) bond motifs is 1. The number of carbonyl (C=O) groups excluding carboxylic acids is 1. The third-order valence-electron chi connectivity index (χ3n) is 8.36. The van der Waals surface area contributed by atoms with E-state index in [2.05, 4.69) is 38.1 Å². The maximum absolute atomic E-state index is 13.7. The molecule has 180 valence electrons. The van der Waals surface area contributed by atoms with E-state index in [-0.39, 0.29) is 17.8 Å². The number of benzene rings is 2. The van der Waals surface area contributed by atoms with E-state index in [0.29, 0.717) is 32.3 Å². The second-order valence-electron chi connectivity index (χ2n) is 10.2. The zero-order chi connectivity index (χ0) is 23.8. The van der Waals surface area contributed by atoms with Crippen molar-refractivity contribution >= 4 is 5.97 Å². The maximum Gasteiger partial charge on any atom is 0.316 e. The van der Waals surface area contributed by atoms with Gasteiger partial charge in [-0.3, -0.25) is 4.79 Å². The Kier molecular flexibility index (Phi) is 6.39. The van der Waals surface area contributed by atoms with Gasteiger partial charge in [-0.15, -0.1) is 0 Å². The van der Waals surface area contributed by atoms with Gasteiger partial charge in [0.25, 0.3) is 0 Å². The zero-order valence-corrected chi connectivity index (χ0v) is 20.6. The van der Waals surface area contributed by atoms with Crippen molar-refractivity contribution in [1.29, 1.82) is 0 Å². The van der Waals surface area contributed by atoms with Crippen LogP contribution in [0, 0.1) is 23.2 Å². The molecule has 0 amide bonds. The predicted molar refractivity (Wildman–Crippen MR) is 132 cm³/mol. The van der Waals surface area contributed by atoms with E-state index in [1.807, 2.05) is 43.3 Å². The van der Waals surface area contributed by atoms with Crippen molar-refractivity contribution in [3.8, 4) is 0 Å². The lowest BCUT2D eigenvalue weighted by atomic mass is 9.67. The van der Waals surface area contributed by atoms with Crippen LogP contribution >= 0.6 is 0 Å². The monoisotopic (exact) mass is 460 g/mol. The fourth-order valence-electron chi connectivity index (χ4n) is 7.20. The van der Waals surface area contributed by atoms with Gasteiger partial charge in [-0.2, -0.15) is 0 Å². The van der Waals surface area contributed by atoms with Crippen LogP contribution in [0.15, 0.2) is 71.8 Å². The van der Waals surface area contributed by atoms with Crippen molar-refractivity contribution in [2.75, 3.05) is 13.2 Å². The van der Waals surface area contributed by atoms with Crippen LogP contribution in [0.5, 0.6) is 0 Å². The number of esters is 1. The van der Waals surface area contributed by atoms with Gasteiger partial charge in [-0.1, -0.05) is 71.8 Å². The Morgan fingerprint density at radius 3 is 2.24 bits per heavy atom. The number of ether oxygens (including phenoxy) is 3. The van der Waals surface area contributed by atoms with Gasteiger partial charge in [0, 0.05) is 12.5 Å². The molecule has 4 bridgehead atoms. The molecule has 0 spiro atoms. The molecule has 0 radical (unpaired) electrons. The molecule has 4 nitrogen and oxygen atoms in total. The van der Waals surface area contributed by atoms with Crippen LogP contribution in [0.25, 0.3) is 0 Å². The fourth-order valence-corrected chi connectivity index (χ4v) is 7.20. The van der Waals surface area contributed by atoms with Gasteiger partial charge in [-0.05, 0) is 63.0 Å². The molecule has 0 aliphatic heterocycles. The average Bonchev–Trinajstić information content (AvgIpc) is 3.38. The molecular formula is C30H36O4. The molecule has 0 heterocycles. The van der Waals surface area contributed by atoms with E-state index in [9.17, 15) is 4.79 Å². The van der Waals surface area contributed by atoms with Crippen molar-refractivity contribution in [1.82, 2.24) is 0 Å². The van der Waals surface area contributed by atoms with Crippen molar-refractivity contribution < 1.29 is 19.0 Å². The van der Waals surface area contributed by atoms with E-state index in [1.54, 1.807) is 0 Å². The van der Waals surface area contributed by atoms with Crippen LogP contribution in [-0.4, -0.2) is 24.8 Å². The van der Waals surface area contributed by atoms with Crippen molar-refractivity contribution in [2.45, 2.75) is 58.8 Å². The normalized spacial score (nSPS) is 30.8. The van der Waals surface area contributed by atoms with Gasteiger partial charge < -0.3 is 14.2 Å². The van der Waals surface area contributed by atoms with Crippen molar-refractivity contribution in [3.05, 3.63) is 82.9 Å². The summed E-state index contributed by atoms with van der Waals surface area (Å²) in [6.45, 7) is 8.44. The van der Waals surface area contributed by atoms with E-state index in [4.69, 9.17) is 14.2 Å².